The summed E-state index contributed by atoms with van der Waals surface area (Å²) in [6.07, 6.45) is 0.0995. The van der Waals surface area contributed by atoms with Gasteiger partial charge < -0.3 is 10.1 Å². The smallest absolute Gasteiger partial charge is 0.307 e. The highest BCUT2D eigenvalue weighted by Gasteiger charge is 2.09. The van der Waals surface area contributed by atoms with Crippen LogP contribution in [0.15, 0.2) is 35.7 Å². The van der Waals surface area contributed by atoms with Crippen molar-refractivity contribution < 1.29 is 14.3 Å². The first-order valence-corrected chi connectivity index (χ1v) is 8.11. The predicted octanol–water partition coefficient (Wildman–Crippen LogP) is 3.92. The molecule has 0 saturated heterocycles. The summed E-state index contributed by atoms with van der Waals surface area (Å²) >= 11 is 13.1. The predicted molar refractivity (Wildman–Crippen MR) is 87.5 cm³/mol. The van der Waals surface area contributed by atoms with E-state index in [1.807, 2.05) is 5.38 Å². The molecule has 7 heteroatoms. The maximum atomic E-state index is 11.7. The van der Waals surface area contributed by atoms with Crippen molar-refractivity contribution in [1.82, 2.24) is 5.32 Å². The molecule has 1 amide bonds. The van der Waals surface area contributed by atoms with Crippen molar-refractivity contribution in [2.75, 3.05) is 6.54 Å². The molecule has 0 saturated carbocycles. The summed E-state index contributed by atoms with van der Waals surface area (Å²) in [5.41, 5.74) is 0.682. The van der Waals surface area contributed by atoms with Crippen molar-refractivity contribution in [1.29, 1.82) is 0 Å². The second kappa shape index (κ2) is 8.17. The third kappa shape index (κ3) is 5.02. The van der Waals surface area contributed by atoms with Crippen LogP contribution in [0.3, 0.4) is 0 Å². The zero-order valence-corrected chi connectivity index (χ0v) is 13.8. The Hall–Kier alpha value is -1.56. The number of nitrogens with one attached hydrogen (secondary N) is 1. The highest BCUT2D eigenvalue weighted by atomic mass is 35.5. The number of hydrogen-bond acceptors (Lipinski definition) is 4. The Kier molecular flexibility index (Phi) is 6.24. The van der Waals surface area contributed by atoms with E-state index in [1.165, 1.54) is 11.3 Å². The normalized spacial score (nSPS) is 10.3. The Morgan fingerprint density at radius 2 is 2.05 bits per heavy atom. The second-order valence-electron chi connectivity index (χ2n) is 4.38. The quantitative estimate of drug-likeness (QED) is 0.797. The van der Waals surface area contributed by atoms with Crippen LogP contribution in [0.25, 0.3) is 0 Å². The van der Waals surface area contributed by atoms with Crippen molar-refractivity contribution in [3.63, 3.8) is 0 Å². The molecule has 1 aromatic carbocycles. The molecule has 0 bridgehead atoms. The van der Waals surface area contributed by atoms with Gasteiger partial charge in [0.25, 0.3) is 5.91 Å². The molecule has 0 fully saturated rings. The Morgan fingerprint density at radius 3 is 2.73 bits per heavy atom. The molecule has 2 aromatic rings. The van der Waals surface area contributed by atoms with Gasteiger partial charge in [-0.2, -0.15) is 0 Å². The van der Waals surface area contributed by atoms with Crippen LogP contribution in [-0.2, 0) is 16.1 Å². The summed E-state index contributed by atoms with van der Waals surface area (Å²) in [6, 6.07) is 8.49. The molecule has 0 atom stereocenters. The van der Waals surface area contributed by atoms with Crippen molar-refractivity contribution in [2.24, 2.45) is 0 Å². The fourth-order valence-electron chi connectivity index (χ4n) is 1.64. The van der Waals surface area contributed by atoms with Gasteiger partial charge in [0.1, 0.15) is 6.61 Å². The third-order valence-corrected chi connectivity index (χ3v) is 4.22. The van der Waals surface area contributed by atoms with E-state index < -0.39 is 5.97 Å². The first-order chi connectivity index (χ1) is 10.6. The van der Waals surface area contributed by atoms with E-state index in [2.05, 4.69) is 5.32 Å². The van der Waals surface area contributed by atoms with Crippen LogP contribution < -0.4 is 5.32 Å². The van der Waals surface area contributed by atoms with Gasteiger partial charge >= 0.3 is 5.97 Å². The Labute approximate surface area is 142 Å². The minimum atomic E-state index is -0.405. The van der Waals surface area contributed by atoms with Crippen molar-refractivity contribution in [3.05, 3.63) is 56.2 Å². The molecule has 4 nitrogen and oxygen atoms in total. The minimum Gasteiger partial charge on any atom is -0.461 e. The summed E-state index contributed by atoms with van der Waals surface area (Å²) in [7, 11) is 0. The number of amides is 1. The Bertz CT molecular complexity index is 659. The molecule has 2 rings (SSSR count). The summed E-state index contributed by atoms with van der Waals surface area (Å²) < 4.78 is 5.11. The summed E-state index contributed by atoms with van der Waals surface area (Å²) in [6.45, 7) is 0.303. The number of halogens is 2. The first-order valence-electron chi connectivity index (χ1n) is 6.47. The van der Waals surface area contributed by atoms with Crippen molar-refractivity contribution in [3.8, 4) is 0 Å². The van der Waals surface area contributed by atoms with Crippen LogP contribution in [0, 0.1) is 0 Å². The lowest BCUT2D eigenvalue weighted by Crippen LogP contribution is -2.25. The van der Waals surface area contributed by atoms with Gasteiger partial charge in [-0.3, -0.25) is 9.59 Å². The second-order valence-corrected chi connectivity index (χ2v) is 6.17. The van der Waals surface area contributed by atoms with Gasteiger partial charge in [0.2, 0.25) is 0 Å². The lowest BCUT2D eigenvalue weighted by molar-refractivity contribution is -0.144. The summed E-state index contributed by atoms with van der Waals surface area (Å²) in [5, 5.41) is 5.45. The minimum absolute atomic E-state index is 0.0771. The van der Waals surface area contributed by atoms with Crippen molar-refractivity contribution in [2.45, 2.75) is 13.0 Å². The maximum Gasteiger partial charge on any atom is 0.307 e. The fraction of sp³-hybridized carbons (Fsp3) is 0.200. The lowest BCUT2D eigenvalue weighted by Gasteiger charge is -2.07. The Balaban J connectivity index is 1.71. The van der Waals surface area contributed by atoms with E-state index in [-0.39, 0.29) is 25.5 Å². The van der Waals surface area contributed by atoms with Crippen LogP contribution in [0.4, 0.5) is 0 Å². The molecule has 0 aliphatic heterocycles. The number of carbonyl (C=O) groups is 2. The highest BCUT2D eigenvalue weighted by Crippen LogP contribution is 2.21. The molecule has 116 valence electrons. The van der Waals surface area contributed by atoms with Crippen LogP contribution in [0.5, 0.6) is 0 Å². The van der Waals surface area contributed by atoms with Crippen LogP contribution in [-0.4, -0.2) is 18.4 Å². The molecular formula is C15H13Cl2NO3S. The molecule has 1 aromatic heterocycles. The summed E-state index contributed by atoms with van der Waals surface area (Å²) in [4.78, 5) is 23.9. The molecule has 0 aliphatic carbocycles. The average molecular weight is 358 g/mol. The van der Waals surface area contributed by atoms with Gasteiger partial charge in [-0.05, 0) is 23.6 Å². The number of hydrogen-bond donors (Lipinski definition) is 1. The zero-order chi connectivity index (χ0) is 15.9. The molecule has 22 heavy (non-hydrogen) atoms. The molecule has 1 heterocycles. The topological polar surface area (TPSA) is 55.4 Å². The van der Waals surface area contributed by atoms with Gasteiger partial charge in [-0.15, -0.1) is 11.3 Å². The molecule has 0 radical (unpaired) electrons. The standard InChI is InChI=1S/C15H13Cl2NO3S/c16-11-4-3-10(12(17)8-11)9-21-14(19)5-6-18-15(20)13-2-1-7-22-13/h1-4,7-8H,5-6,9H2,(H,18,20). The molecule has 1 N–H and O–H groups in total. The van der Waals surface area contributed by atoms with Crippen molar-refractivity contribution >= 4 is 46.4 Å². The molecule has 0 unspecified atom stereocenters. The number of carbonyl (C=O) groups excluding carboxylic acids is 2. The monoisotopic (exact) mass is 357 g/mol. The van der Waals surface area contributed by atoms with Gasteiger partial charge in [0.15, 0.2) is 0 Å². The van der Waals surface area contributed by atoms with Gasteiger partial charge in [0, 0.05) is 22.2 Å². The van der Waals surface area contributed by atoms with E-state index in [0.717, 1.165) is 0 Å². The van der Waals surface area contributed by atoms with E-state index in [1.54, 1.807) is 30.3 Å². The first kappa shape index (κ1) is 16.8. The molecule has 0 aliphatic rings. The van der Waals surface area contributed by atoms with E-state index in [0.29, 0.717) is 20.5 Å². The summed E-state index contributed by atoms with van der Waals surface area (Å²) in [5.74, 6) is -0.596. The number of ether oxygens (including phenoxy) is 1. The third-order valence-electron chi connectivity index (χ3n) is 2.76. The van der Waals surface area contributed by atoms with Gasteiger partial charge in [-0.1, -0.05) is 35.3 Å². The number of thiophene rings is 1. The molecular weight excluding hydrogens is 345 g/mol. The van der Waals surface area contributed by atoms with Gasteiger partial charge in [0.05, 0.1) is 11.3 Å². The fourth-order valence-corrected chi connectivity index (χ4v) is 2.75. The van der Waals surface area contributed by atoms with E-state index in [9.17, 15) is 9.59 Å². The van der Waals surface area contributed by atoms with Crippen LogP contribution in [0.1, 0.15) is 21.7 Å². The number of esters is 1. The zero-order valence-electron chi connectivity index (χ0n) is 11.5. The lowest BCUT2D eigenvalue weighted by atomic mass is 10.2. The van der Waals surface area contributed by atoms with E-state index in [4.69, 9.17) is 27.9 Å². The van der Waals surface area contributed by atoms with Crippen LogP contribution >= 0.6 is 34.5 Å². The Morgan fingerprint density at radius 1 is 1.23 bits per heavy atom. The van der Waals surface area contributed by atoms with Crippen LogP contribution in [0.2, 0.25) is 10.0 Å². The average Bonchev–Trinajstić information content (AvgIpc) is 3.00. The SMILES string of the molecule is O=C(CCNC(=O)c1cccs1)OCc1ccc(Cl)cc1Cl. The number of benzene rings is 1. The van der Waals surface area contributed by atoms with E-state index >= 15 is 0 Å². The maximum absolute atomic E-state index is 11.7. The largest absolute Gasteiger partial charge is 0.461 e. The molecule has 0 spiro atoms. The highest BCUT2D eigenvalue weighted by molar-refractivity contribution is 7.12. The van der Waals surface area contributed by atoms with Gasteiger partial charge in [-0.25, -0.2) is 0 Å². The number of rotatable bonds is 6.